The Kier molecular flexibility index (Phi) is 6.11. The molecule has 0 spiro atoms. The van der Waals surface area contributed by atoms with Crippen LogP contribution in [0.3, 0.4) is 0 Å². The Morgan fingerprint density at radius 2 is 2.00 bits per heavy atom. The zero-order valence-corrected chi connectivity index (χ0v) is 18.5. The summed E-state index contributed by atoms with van der Waals surface area (Å²) in [4.78, 5) is 4.64. The summed E-state index contributed by atoms with van der Waals surface area (Å²) in [7, 11) is 0. The summed E-state index contributed by atoms with van der Waals surface area (Å²) in [6, 6.07) is 9.83. The first kappa shape index (κ1) is 20.5. The molecule has 0 aliphatic heterocycles. The van der Waals surface area contributed by atoms with Crippen molar-refractivity contribution in [2.75, 3.05) is 0 Å². The summed E-state index contributed by atoms with van der Waals surface area (Å²) in [5, 5.41) is 10.3. The van der Waals surface area contributed by atoms with E-state index in [4.69, 9.17) is 16.3 Å². The number of rotatable bonds is 8. The highest BCUT2D eigenvalue weighted by atomic mass is 35.5. The molecule has 0 atom stereocenters. The molecular weight excluding hydrogens is 418 g/mol. The van der Waals surface area contributed by atoms with Crippen LogP contribution < -0.4 is 4.74 Å². The van der Waals surface area contributed by atoms with Crippen molar-refractivity contribution in [3.05, 3.63) is 83.0 Å². The van der Waals surface area contributed by atoms with Crippen molar-refractivity contribution >= 4 is 29.0 Å². The number of benzene rings is 1. The number of allylic oxidation sites excluding steroid dienone is 1. The molecule has 0 saturated heterocycles. The van der Waals surface area contributed by atoms with E-state index in [-0.39, 0.29) is 0 Å². The minimum atomic E-state index is 0.316. The van der Waals surface area contributed by atoms with Crippen molar-refractivity contribution in [2.45, 2.75) is 37.9 Å². The second-order valence-corrected chi connectivity index (χ2v) is 8.27. The summed E-state index contributed by atoms with van der Waals surface area (Å²) in [6.45, 7) is 8.72. The van der Waals surface area contributed by atoms with Gasteiger partial charge in [-0.25, -0.2) is 4.98 Å². The molecule has 1 aromatic carbocycles. The lowest BCUT2D eigenvalue weighted by molar-refractivity contribution is 0.289. The van der Waals surface area contributed by atoms with Gasteiger partial charge in [0.25, 0.3) is 0 Å². The lowest BCUT2D eigenvalue weighted by Crippen LogP contribution is -2.07. The normalized spacial score (nSPS) is 11.2. The molecule has 4 rings (SSSR count). The van der Waals surface area contributed by atoms with Gasteiger partial charge in [-0.2, -0.15) is 0 Å². The van der Waals surface area contributed by atoms with Crippen LogP contribution in [0.25, 0.3) is 5.65 Å². The number of halogens is 1. The summed E-state index contributed by atoms with van der Waals surface area (Å²) in [6.07, 6.45) is 5.86. The minimum absolute atomic E-state index is 0.316. The van der Waals surface area contributed by atoms with Gasteiger partial charge in [-0.05, 0) is 49.2 Å². The fraction of sp³-hybridized carbons (Fsp3) is 0.227. The zero-order chi connectivity index (χ0) is 21.1. The molecule has 6 nitrogen and oxygen atoms in total. The van der Waals surface area contributed by atoms with Crippen LogP contribution in [0.4, 0.5) is 0 Å². The standard InChI is InChI=1S/C22H22ClN5OS/c1-4-8-28-20(13-29-18-10-15(2)21(23)16(3)11-18)25-26-22(28)30-14-17-12-27-9-6-5-7-19(27)24-17/h4-7,9-12H,1,8,13-14H2,2-3H3. The quantitative estimate of drug-likeness (QED) is 0.277. The van der Waals surface area contributed by atoms with Crippen molar-refractivity contribution in [1.29, 1.82) is 0 Å². The van der Waals surface area contributed by atoms with E-state index in [9.17, 15) is 0 Å². The average Bonchev–Trinajstić information content (AvgIpc) is 3.32. The Morgan fingerprint density at radius 1 is 1.20 bits per heavy atom. The summed E-state index contributed by atoms with van der Waals surface area (Å²) in [5.74, 6) is 2.21. The molecule has 0 amide bonds. The largest absolute Gasteiger partial charge is 0.486 e. The van der Waals surface area contributed by atoms with Crippen LogP contribution in [-0.4, -0.2) is 24.1 Å². The zero-order valence-electron chi connectivity index (χ0n) is 16.9. The Morgan fingerprint density at radius 3 is 2.73 bits per heavy atom. The predicted molar refractivity (Wildman–Crippen MR) is 120 cm³/mol. The first-order chi connectivity index (χ1) is 14.5. The molecular formula is C22H22ClN5OS. The third-order valence-electron chi connectivity index (χ3n) is 4.65. The SMILES string of the molecule is C=CCn1c(COc2cc(C)c(Cl)c(C)c2)nnc1SCc1cn2ccccc2n1. The number of aromatic nitrogens is 5. The molecule has 0 fully saturated rings. The van der Waals surface area contributed by atoms with Crippen LogP contribution >= 0.6 is 23.4 Å². The topological polar surface area (TPSA) is 57.2 Å². The fourth-order valence-electron chi connectivity index (χ4n) is 3.18. The predicted octanol–water partition coefficient (Wildman–Crippen LogP) is 5.25. The van der Waals surface area contributed by atoms with Gasteiger partial charge in [0.1, 0.15) is 18.0 Å². The van der Waals surface area contributed by atoms with Gasteiger partial charge < -0.3 is 9.14 Å². The summed E-state index contributed by atoms with van der Waals surface area (Å²) in [5.41, 5.74) is 3.90. The minimum Gasteiger partial charge on any atom is -0.486 e. The van der Waals surface area contributed by atoms with Gasteiger partial charge in [0.05, 0.1) is 5.69 Å². The molecule has 0 radical (unpaired) electrons. The highest BCUT2D eigenvalue weighted by Gasteiger charge is 2.14. The molecule has 0 N–H and O–H groups in total. The maximum atomic E-state index is 6.25. The fourth-order valence-corrected chi connectivity index (χ4v) is 4.14. The Bertz CT molecular complexity index is 1140. The molecule has 0 unspecified atom stereocenters. The van der Waals surface area contributed by atoms with E-state index in [2.05, 4.69) is 21.8 Å². The first-order valence-corrected chi connectivity index (χ1v) is 10.9. The van der Waals surface area contributed by atoms with Crippen molar-refractivity contribution in [1.82, 2.24) is 24.1 Å². The molecule has 0 aliphatic rings. The Balaban J connectivity index is 1.47. The molecule has 154 valence electrons. The van der Waals surface area contributed by atoms with Gasteiger partial charge in [0.15, 0.2) is 11.0 Å². The lowest BCUT2D eigenvalue weighted by Gasteiger charge is -2.11. The molecule has 3 heterocycles. The maximum absolute atomic E-state index is 6.25. The smallest absolute Gasteiger partial charge is 0.191 e. The number of imidazole rings is 1. The molecule has 30 heavy (non-hydrogen) atoms. The van der Waals surface area contributed by atoms with Crippen LogP contribution in [0.5, 0.6) is 5.75 Å². The van der Waals surface area contributed by atoms with Crippen molar-refractivity contribution in [3.8, 4) is 5.75 Å². The van der Waals surface area contributed by atoms with Crippen LogP contribution in [0, 0.1) is 13.8 Å². The van der Waals surface area contributed by atoms with Gasteiger partial charge in [0, 0.05) is 29.7 Å². The second kappa shape index (κ2) is 8.93. The van der Waals surface area contributed by atoms with Crippen molar-refractivity contribution in [3.63, 3.8) is 0 Å². The number of aryl methyl sites for hydroxylation is 2. The van der Waals surface area contributed by atoms with Gasteiger partial charge in [0.2, 0.25) is 0 Å². The van der Waals surface area contributed by atoms with Crippen LogP contribution in [0.15, 0.2) is 60.5 Å². The first-order valence-electron chi connectivity index (χ1n) is 9.53. The summed E-state index contributed by atoms with van der Waals surface area (Å²) < 4.78 is 10.0. The number of hydrogen-bond donors (Lipinski definition) is 0. The molecule has 8 heteroatoms. The molecule has 3 aromatic heterocycles. The van der Waals surface area contributed by atoms with Gasteiger partial charge >= 0.3 is 0 Å². The van der Waals surface area contributed by atoms with Gasteiger partial charge in [-0.1, -0.05) is 35.5 Å². The van der Waals surface area contributed by atoms with Crippen LogP contribution in [-0.2, 0) is 18.9 Å². The number of nitrogens with zero attached hydrogens (tertiary/aromatic N) is 5. The van der Waals surface area contributed by atoms with Crippen molar-refractivity contribution in [2.24, 2.45) is 0 Å². The highest BCUT2D eigenvalue weighted by molar-refractivity contribution is 7.98. The number of hydrogen-bond acceptors (Lipinski definition) is 5. The van der Waals surface area contributed by atoms with E-state index in [1.165, 1.54) is 0 Å². The molecule has 0 aliphatic carbocycles. The van der Waals surface area contributed by atoms with Crippen LogP contribution in [0.2, 0.25) is 5.02 Å². The molecule has 0 saturated carbocycles. The van der Waals surface area contributed by atoms with Crippen molar-refractivity contribution < 1.29 is 4.74 Å². The molecule has 4 aromatic rings. The lowest BCUT2D eigenvalue weighted by atomic mass is 10.1. The molecule has 0 bridgehead atoms. The monoisotopic (exact) mass is 439 g/mol. The number of fused-ring (bicyclic) bond motifs is 1. The van der Waals surface area contributed by atoms with Gasteiger partial charge in [-0.15, -0.1) is 16.8 Å². The third-order valence-corrected chi connectivity index (χ3v) is 6.24. The third kappa shape index (κ3) is 4.37. The highest BCUT2D eigenvalue weighted by Crippen LogP contribution is 2.27. The van der Waals surface area contributed by atoms with Crippen LogP contribution in [0.1, 0.15) is 22.6 Å². The van der Waals surface area contributed by atoms with E-state index in [1.807, 2.05) is 71.6 Å². The Labute approximate surface area is 184 Å². The number of pyridine rings is 1. The maximum Gasteiger partial charge on any atom is 0.191 e. The van der Waals surface area contributed by atoms with E-state index >= 15 is 0 Å². The van der Waals surface area contributed by atoms with E-state index < -0.39 is 0 Å². The number of ether oxygens (including phenoxy) is 1. The second-order valence-electron chi connectivity index (χ2n) is 6.94. The van der Waals surface area contributed by atoms with E-state index in [0.29, 0.717) is 18.9 Å². The number of thioether (sulfide) groups is 1. The summed E-state index contributed by atoms with van der Waals surface area (Å²) >= 11 is 7.84. The van der Waals surface area contributed by atoms with E-state index in [0.717, 1.165) is 44.2 Å². The van der Waals surface area contributed by atoms with Gasteiger partial charge in [-0.3, -0.25) is 4.57 Å². The van der Waals surface area contributed by atoms with E-state index in [1.54, 1.807) is 11.8 Å². The Hall–Kier alpha value is -2.77. The average molecular weight is 440 g/mol.